The molecular formula is C15H21N5. The van der Waals surface area contributed by atoms with Crippen LogP contribution in [0.1, 0.15) is 19.8 Å². The normalized spacial score (nSPS) is 19.6. The molecule has 0 aromatic carbocycles. The number of hydrogen-bond acceptors (Lipinski definition) is 4. The third-order valence-corrected chi connectivity index (χ3v) is 4.11. The Hall–Kier alpha value is -1.88. The van der Waals surface area contributed by atoms with Crippen LogP contribution >= 0.6 is 0 Å². The molecule has 2 aromatic rings. The Bertz CT molecular complexity index is 560. The summed E-state index contributed by atoms with van der Waals surface area (Å²) in [6.45, 7) is 5.57. The highest BCUT2D eigenvalue weighted by molar-refractivity contribution is 5.59. The van der Waals surface area contributed by atoms with Gasteiger partial charge in [-0.05, 0) is 38.1 Å². The molecule has 1 fully saturated rings. The lowest BCUT2D eigenvalue weighted by atomic mass is 10.2. The zero-order valence-corrected chi connectivity index (χ0v) is 11.9. The zero-order chi connectivity index (χ0) is 13.9. The first-order valence-corrected chi connectivity index (χ1v) is 7.24. The van der Waals surface area contributed by atoms with Crippen molar-refractivity contribution < 1.29 is 0 Å². The summed E-state index contributed by atoms with van der Waals surface area (Å²) in [6.07, 6.45) is 8.20. The van der Waals surface area contributed by atoms with Crippen LogP contribution in [-0.4, -0.2) is 38.6 Å². The van der Waals surface area contributed by atoms with Gasteiger partial charge in [0.2, 0.25) is 0 Å². The molecule has 5 heteroatoms. The van der Waals surface area contributed by atoms with Crippen molar-refractivity contribution in [1.29, 1.82) is 0 Å². The fraction of sp³-hybridized carbons (Fsp3) is 0.467. The molecule has 0 bridgehead atoms. The lowest BCUT2D eigenvalue weighted by Gasteiger charge is -2.23. The second-order valence-corrected chi connectivity index (χ2v) is 5.33. The van der Waals surface area contributed by atoms with Crippen molar-refractivity contribution in [2.24, 2.45) is 0 Å². The number of likely N-dealkylation sites (N-methyl/N-ethyl adjacent to an activating group) is 1. The van der Waals surface area contributed by atoms with Gasteiger partial charge in [0, 0.05) is 24.3 Å². The largest absolute Gasteiger partial charge is 0.384 e. The molecule has 106 valence electrons. The molecule has 0 spiro atoms. The number of nitrogens with zero attached hydrogens (tertiary/aromatic N) is 4. The molecule has 20 heavy (non-hydrogen) atoms. The fourth-order valence-electron chi connectivity index (χ4n) is 3.01. The van der Waals surface area contributed by atoms with Gasteiger partial charge in [-0.15, -0.1) is 0 Å². The molecule has 1 aliphatic heterocycles. The summed E-state index contributed by atoms with van der Waals surface area (Å²) in [6, 6.07) is 4.46. The minimum Gasteiger partial charge on any atom is -0.384 e. The van der Waals surface area contributed by atoms with Crippen molar-refractivity contribution in [2.75, 3.05) is 18.8 Å². The van der Waals surface area contributed by atoms with Crippen molar-refractivity contribution in [3.05, 3.63) is 30.9 Å². The Balaban J connectivity index is 1.81. The molecule has 0 radical (unpaired) electrons. The number of rotatable bonds is 4. The van der Waals surface area contributed by atoms with Crippen LogP contribution in [0.3, 0.4) is 0 Å². The molecule has 0 amide bonds. The van der Waals surface area contributed by atoms with Gasteiger partial charge >= 0.3 is 0 Å². The molecule has 3 rings (SSSR count). The quantitative estimate of drug-likeness (QED) is 0.924. The number of aromatic nitrogens is 3. The topological polar surface area (TPSA) is 60.0 Å². The number of anilines is 1. The Morgan fingerprint density at radius 3 is 3.00 bits per heavy atom. The molecule has 1 atom stereocenters. The third kappa shape index (κ3) is 2.54. The SMILES string of the molecule is CCN1CCCC1Cn1cncc1-c1ccc(N)nc1. The van der Waals surface area contributed by atoms with Gasteiger partial charge in [-0.1, -0.05) is 6.92 Å². The van der Waals surface area contributed by atoms with E-state index in [1.807, 2.05) is 30.9 Å². The zero-order valence-electron chi connectivity index (χ0n) is 11.9. The molecule has 5 nitrogen and oxygen atoms in total. The van der Waals surface area contributed by atoms with Gasteiger partial charge < -0.3 is 10.3 Å². The lowest BCUT2D eigenvalue weighted by Crippen LogP contribution is -2.32. The molecule has 2 aromatic heterocycles. The van der Waals surface area contributed by atoms with Crippen LogP contribution in [0.4, 0.5) is 5.82 Å². The van der Waals surface area contributed by atoms with E-state index in [4.69, 9.17) is 5.73 Å². The van der Waals surface area contributed by atoms with Gasteiger partial charge in [0.15, 0.2) is 0 Å². The molecule has 0 aliphatic carbocycles. The summed E-state index contributed by atoms with van der Waals surface area (Å²) < 4.78 is 2.23. The molecule has 3 heterocycles. The summed E-state index contributed by atoms with van der Waals surface area (Å²) in [4.78, 5) is 11.0. The minimum atomic E-state index is 0.549. The van der Waals surface area contributed by atoms with Crippen molar-refractivity contribution in [3.8, 4) is 11.3 Å². The number of likely N-dealkylation sites (tertiary alicyclic amines) is 1. The molecule has 1 saturated heterocycles. The summed E-state index contributed by atoms with van der Waals surface area (Å²) in [7, 11) is 0. The number of imidazole rings is 1. The van der Waals surface area contributed by atoms with E-state index in [1.54, 1.807) is 0 Å². The van der Waals surface area contributed by atoms with Crippen molar-refractivity contribution >= 4 is 5.82 Å². The van der Waals surface area contributed by atoms with Crippen LogP contribution in [0.15, 0.2) is 30.9 Å². The first-order chi connectivity index (χ1) is 9.78. The van der Waals surface area contributed by atoms with Crippen LogP contribution in [0.5, 0.6) is 0 Å². The smallest absolute Gasteiger partial charge is 0.123 e. The van der Waals surface area contributed by atoms with Crippen LogP contribution in [0, 0.1) is 0 Å². The van der Waals surface area contributed by atoms with E-state index in [2.05, 4.69) is 26.4 Å². The number of nitrogens with two attached hydrogens (primary N) is 1. The maximum Gasteiger partial charge on any atom is 0.123 e. The van der Waals surface area contributed by atoms with E-state index >= 15 is 0 Å². The van der Waals surface area contributed by atoms with Gasteiger partial charge in [-0.3, -0.25) is 4.90 Å². The monoisotopic (exact) mass is 271 g/mol. The number of hydrogen-bond donors (Lipinski definition) is 1. The van der Waals surface area contributed by atoms with Crippen LogP contribution in [0.2, 0.25) is 0 Å². The second kappa shape index (κ2) is 5.63. The average molecular weight is 271 g/mol. The lowest BCUT2D eigenvalue weighted by molar-refractivity contribution is 0.245. The predicted octanol–water partition coefficient (Wildman–Crippen LogP) is 2.01. The molecular weight excluding hydrogens is 250 g/mol. The Morgan fingerprint density at radius 1 is 1.35 bits per heavy atom. The van der Waals surface area contributed by atoms with Gasteiger partial charge in [-0.25, -0.2) is 9.97 Å². The van der Waals surface area contributed by atoms with E-state index < -0.39 is 0 Å². The maximum atomic E-state index is 5.65. The highest BCUT2D eigenvalue weighted by Crippen LogP contribution is 2.23. The average Bonchev–Trinajstić information content (AvgIpc) is 3.09. The standard InChI is InChI=1S/C15H21N5/c1-2-19-7-3-4-13(19)10-20-11-17-9-14(20)12-5-6-15(16)18-8-12/h5-6,8-9,11,13H,2-4,7,10H2,1H3,(H2,16,18). The van der Waals surface area contributed by atoms with Crippen molar-refractivity contribution in [2.45, 2.75) is 32.4 Å². The fourth-order valence-corrected chi connectivity index (χ4v) is 3.01. The molecule has 0 saturated carbocycles. The minimum absolute atomic E-state index is 0.549. The van der Waals surface area contributed by atoms with Crippen LogP contribution < -0.4 is 5.73 Å². The Kier molecular flexibility index (Phi) is 3.69. The third-order valence-electron chi connectivity index (χ3n) is 4.11. The highest BCUT2D eigenvalue weighted by Gasteiger charge is 2.23. The van der Waals surface area contributed by atoms with Gasteiger partial charge in [0.25, 0.3) is 0 Å². The van der Waals surface area contributed by atoms with Gasteiger partial charge in [-0.2, -0.15) is 0 Å². The van der Waals surface area contributed by atoms with Crippen molar-refractivity contribution in [1.82, 2.24) is 19.4 Å². The summed E-state index contributed by atoms with van der Waals surface area (Å²) in [5, 5.41) is 0. The maximum absolute atomic E-state index is 5.65. The van der Waals surface area contributed by atoms with Crippen LogP contribution in [-0.2, 0) is 6.54 Å². The molecule has 1 aliphatic rings. The summed E-state index contributed by atoms with van der Waals surface area (Å²) in [5.41, 5.74) is 7.83. The van der Waals surface area contributed by atoms with E-state index in [0.29, 0.717) is 11.9 Å². The highest BCUT2D eigenvalue weighted by atomic mass is 15.2. The second-order valence-electron chi connectivity index (χ2n) is 5.33. The van der Waals surface area contributed by atoms with Gasteiger partial charge in [0.05, 0.1) is 18.2 Å². The van der Waals surface area contributed by atoms with Crippen LogP contribution in [0.25, 0.3) is 11.3 Å². The summed E-state index contributed by atoms with van der Waals surface area (Å²) >= 11 is 0. The predicted molar refractivity (Wildman–Crippen MR) is 80.1 cm³/mol. The first-order valence-electron chi connectivity index (χ1n) is 7.24. The van der Waals surface area contributed by atoms with Gasteiger partial charge in [0.1, 0.15) is 5.82 Å². The van der Waals surface area contributed by atoms with E-state index in [9.17, 15) is 0 Å². The van der Waals surface area contributed by atoms with E-state index in [1.165, 1.54) is 19.4 Å². The van der Waals surface area contributed by atoms with Crippen molar-refractivity contribution in [3.63, 3.8) is 0 Å². The molecule has 2 N–H and O–H groups in total. The Labute approximate surface area is 119 Å². The number of pyridine rings is 1. The number of nitrogen functional groups attached to an aromatic ring is 1. The Morgan fingerprint density at radius 2 is 2.25 bits per heavy atom. The molecule has 1 unspecified atom stereocenters. The van der Waals surface area contributed by atoms with E-state index in [-0.39, 0.29) is 0 Å². The first kappa shape index (κ1) is 13.1. The summed E-state index contributed by atoms with van der Waals surface area (Å²) in [5.74, 6) is 0.549. The van der Waals surface area contributed by atoms with E-state index in [0.717, 1.165) is 24.3 Å².